The van der Waals surface area contributed by atoms with Crippen molar-refractivity contribution in [1.82, 2.24) is 14.8 Å². The van der Waals surface area contributed by atoms with E-state index in [4.69, 9.17) is 9.47 Å². The van der Waals surface area contributed by atoms with Gasteiger partial charge in [-0.25, -0.2) is 0 Å². The molecule has 32 heavy (non-hydrogen) atoms. The quantitative estimate of drug-likeness (QED) is 0.393. The van der Waals surface area contributed by atoms with Crippen LogP contribution in [0.15, 0.2) is 90.1 Å². The third-order valence-electron chi connectivity index (χ3n) is 5.12. The molecule has 0 unspecified atom stereocenters. The Kier molecular flexibility index (Phi) is 5.77. The van der Waals surface area contributed by atoms with Gasteiger partial charge in [0.25, 0.3) is 0 Å². The van der Waals surface area contributed by atoms with E-state index >= 15 is 0 Å². The first kappa shape index (κ1) is 20.2. The summed E-state index contributed by atoms with van der Waals surface area (Å²) >= 11 is 1.41. The van der Waals surface area contributed by atoms with Crippen LogP contribution in [0.4, 0.5) is 0 Å². The van der Waals surface area contributed by atoms with Gasteiger partial charge in [0.1, 0.15) is 11.9 Å². The van der Waals surface area contributed by atoms with Crippen molar-refractivity contribution in [3.8, 4) is 23.3 Å². The predicted molar refractivity (Wildman–Crippen MR) is 122 cm³/mol. The van der Waals surface area contributed by atoms with Gasteiger partial charge in [-0.3, -0.25) is 4.57 Å². The molecule has 0 spiro atoms. The zero-order valence-electron chi connectivity index (χ0n) is 17.2. The molecule has 6 nitrogen and oxygen atoms in total. The Labute approximate surface area is 190 Å². The first-order valence-electron chi connectivity index (χ1n) is 10.3. The van der Waals surface area contributed by atoms with Gasteiger partial charge >= 0.3 is 0 Å². The lowest BCUT2D eigenvalue weighted by Crippen LogP contribution is -2.24. The van der Waals surface area contributed by atoms with Crippen LogP contribution in [0.25, 0.3) is 5.69 Å². The van der Waals surface area contributed by atoms with E-state index in [2.05, 4.69) is 16.3 Å². The Hall–Kier alpha value is -3.76. The molecule has 7 heteroatoms. The standard InChI is InChI=1S/C25H20N4O2S/c26-16-20(15-18-9-3-1-4-10-18)32-25-28-27-24(29(25)19-11-5-2-6-12-19)23-17-30-21-13-7-8-14-22(21)31-23/h1-14,20,23H,15,17H2/t20-,23+/m0/s1. The van der Waals surface area contributed by atoms with Crippen molar-refractivity contribution in [3.05, 3.63) is 96.3 Å². The molecule has 1 aliphatic rings. The van der Waals surface area contributed by atoms with E-state index in [9.17, 15) is 5.26 Å². The SMILES string of the molecule is N#C[C@H](Cc1ccccc1)Sc1nnc([C@H]2COc3ccccc3O2)n1-c1ccccc1. The number of aromatic nitrogens is 3. The zero-order valence-corrected chi connectivity index (χ0v) is 18.0. The number of fused-ring (bicyclic) bond motifs is 1. The number of para-hydroxylation sites is 3. The van der Waals surface area contributed by atoms with Crippen LogP contribution in [0.2, 0.25) is 0 Å². The highest BCUT2D eigenvalue weighted by Crippen LogP contribution is 2.37. The molecule has 0 amide bonds. The summed E-state index contributed by atoms with van der Waals surface area (Å²) in [5, 5.41) is 19.1. The third-order valence-corrected chi connectivity index (χ3v) is 6.16. The van der Waals surface area contributed by atoms with Crippen LogP contribution in [0.1, 0.15) is 17.5 Å². The highest BCUT2D eigenvalue weighted by Gasteiger charge is 2.30. The highest BCUT2D eigenvalue weighted by molar-refractivity contribution is 8.00. The maximum atomic E-state index is 9.80. The van der Waals surface area contributed by atoms with Crippen LogP contribution in [-0.4, -0.2) is 26.6 Å². The molecule has 0 radical (unpaired) electrons. The molecule has 158 valence electrons. The lowest BCUT2D eigenvalue weighted by atomic mass is 10.1. The lowest BCUT2D eigenvalue weighted by Gasteiger charge is -2.26. The van der Waals surface area contributed by atoms with Gasteiger partial charge in [0.15, 0.2) is 28.6 Å². The molecule has 1 aromatic heterocycles. The third kappa shape index (κ3) is 4.18. The second-order valence-electron chi connectivity index (χ2n) is 7.30. The van der Waals surface area contributed by atoms with E-state index in [1.165, 1.54) is 11.8 Å². The highest BCUT2D eigenvalue weighted by atomic mass is 32.2. The average molecular weight is 441 g/mol. The topological polar surface area (TPSA) is 73.0 Å². The van der Waals surface area contributed by atoms with Gasteiger partial charge in [0, 0.05) is 5.69 Å². The van der Waals surface area contributed by atoms with E-state index in [-0.39, 0.29) is 5.25 Å². The molecule has 2 atom stereocenters. The van der Waals surface area contributed by atoms with Crippen molar-refractivity contribution in [1.29, 1.82) is 5.26 Å². The van der Waals surface area contributed by atoms with Crippen molar-refractivity contribution in [2.75, 3.05) is 6.61 Å². The molecule has 0 fully saturated rings. The molecule has 0 saturated carbocycles. The molecule has 0 bridgehead atoms. The summed E-state index contributed by atoms with van der Waals surface area (Å²) in [4.78, 5) is 0. The predicted octanol–water partition coefficient (Wildman–Crippen LogP) is 5.01. The summed E-state index contributed by atoms with van der Waals surface area (Å²) in [6, 6.07) is 29.9. The van der Waals surface area contributed by atoms with Gasteiger partial charge in [-0.05, 0) is 36.2 Å². The molecular weight excluding hydrogens is 420 g/mol. The maximum Gasteiger partial charge on any atom is 0.197 e. The number of rotatable bonds is 6. The van der Waals surface area contributed by atoms with Crippen LogP contribution in [0, 0.1) is 11.3 Å². The van der Waals surface area contributed by atoms with E-state index in [1.807, 2.05) is 89.5 Å². The Balaban J connectivity index is 1.47. The summed E-state index contributed by atoms with van der Waals surface area (Å²) in [6.45, 7) is 0.332. The van der Waals surface area contributed by atoms with Crippen molar-refractivity contribution < 1.29 is 9.47 Å². The molecule has 3 aromatic carbocycles. The van der Waals surface area contributed by atoms with Crippen molar-refractivity contribution >= 4 is 11.8 Å². The summed E-state index contributed by atoms with van der Waals surface area (Å²) in [7, 11) is 0. The average Bonchev–Trinajstić information content (AvgIpc) is 3.28. The lowest BCUT2D eigenvalue weighted by molar-refractivity contribution is 0.0835. The molecule has 1 aliphatic heterocycles. The Morgan fingerprint density at radius 1 is 0.938 bits per heavy atom. The van der Waals surface area contributed by atoms with Gasteiger partial charge in [-0.1, -0.05) is 72.4 Å². The van der Waals surface area contributed by atoms with Gasteiger partial charge < -0.3 is 9.47 Å². The molecule has 5 rings (SSSR count). The second kappa shape index (κ2) is 9.16. The fourth-order valence-corrected chi connectivity index (χ4v) is 4.58. The van der Waals surface area contributed by atoms with Crippen LogP contribution >= 0.6 is 11.8 Å². The summed E-state index contributed by atoms with van der Waals surface area (Å²) in [6.07, 6.45) is 0.205. The van der Waals surface area contributed by atoms with Crippen molar-refractivity contribution in [2.24, 2.45) is 0 Å². The summed E-state index contributed by atoms with van der Waals surface area (Å²) in [5.74, 6) is 2.04. The first-order chi connectivity index (χ1) is 15.8. The molecule has 4 aromatic rings. The molecular formula is C25H20N4O2S. The summed E-state index contributed by atoms with van der Waals surface area (Å²) in [5.41, 5.74) is 2.02. The van der Waals surface area contributed by atoms with Crippen LogP contribution in [0.5, 0.6) is 11.5 Å². The number of nitriles is 1. The van der Waals surface area contributed by atoms with Gasteiger partial charge in [0.2, 0.25) is 0 Å². The molecule has 0 saturated heterocycles. The van der Waals surface area contributed by atoms with Crippen LogP contribution in [-0.2, 0) is 6.42 Å². The molecule has 2 heterocycles. The second-order valence-corrected chi connectivity index (χ2v) is 8.47. The molecule has 0 N–H and O–H groups in total. The van der Waals surface area contributed by atoms with Crippen LogP contribution in [0.3, 0.4) is 0 Å². The maximum absolute atomic E-state index is 9.80. The number of benzene rings is 3. The first-order valence-corrected chi connectivity index (χ1v) is 11.2. The zero-order chi connectivity index (χ0) is 21.8. The number of nitrogens with zero attached hydrogens (tertiary/aromatic N) is 4. The minimum Gasteiger partial charge on any atom is -0.485 e. The fourth-order valence-electron chi connectivity index (χ4n) is 3.60. The smallest absolute Gasteiger partial charge is 0.197 e. The van der Waals surface area contributed by atoms with Gasteiger partial charge in [-0.15, -0.1) is 10.2 Å². The number of hydrogen-bond acceptors (Lipinski definition) is 6. The van der Waals surface area contributed by atoms with E-state index in [1.54, 1.807) is 0 Å². The normalized spacial score (nSPS) is 15.7. The number of ether oxygens (including phenoxy) is 2. The Morgan fingerprint density at radius 2 is 1.62 bits per heavy atom. The fraction of sp³-hybridized carbons (Fsp3) is 0.160. The largest absolute Gasteiger partial charge is 0.485 e. The Morgan fingerprint density at radius 3 is 2.38 bits per heavy atom. The van der Waals surface area contributed by atoms with Crippen LogP contribution < -0.4 is 9.47 Å². The minimum atomic E-state index is -0.415. The van der Waals surface area contributed by atoms with Crippen molar-refractivity contribution in [2.45, 2.75) is 22.9 Å². The van der Waals surface area contributed by atoms with E-state index in [0.717, 1.165) is 17.0 Å². The van der Waals surface area contributed by atoms with Gasteiger partial charge in [0.05, 0.1) is 6.07 Å². The minimum absolute atomic E-state index is 0.304. The molecule has 0 aliphatic carbocycles. The Bertz CT molecular complexity index is 1240. The van der Waals surface area contributed by atoms with E-state index in [0.29, 0.717) is 29.8 Å². The monoisotopic (exact) mass is 440 g/mol. The number of hydrogen-bond donors (Lipinski definition) is 0. The van der Waals surface area contributed by atoms with Gasteiger partial charge in [-0.2, -0.15) is 5.26 Å². The summed E-state index contributed by atoms with van der Waals surface area (Å²) < 4.78 is 14.1. The van der Waals surface area contributed by atoms with Crippen molar-refractivity contribution in [3.63, 3.8) is 0 Å². The van der Waals surface area contributed by atoms with E-state index < -0.39 is 6.10 Å². The number of thioether (sulfide) groups is 1.